The fourth-order valence-corrected chi connectivity index (χ4v) is 4.55. The quantitative estimate of drug-likeness (QED) is 0.218. The van der Waals surface area contributed by atoms with Crippen LogP contribution in [0, 0.1) is 11.8 Å². The maximum atomic E-state index is 12.0. The molecule has 0 bridgehead atoms. The number of rotatable bonds is 11. The van der Waals surface area contributed by atoms with Crippen LogP contribution in [0.2, 0.25) is 0 Å². The Balaban J connectivity index is 1.51. The zero-order valence-electron chi connectivity index (χ0n) is 23.1. The van der Waals surface area contributed by atoms with Crippen molar-refractivity contribution in [3.8, 4) is 5.75 Å². The Kier molecular flexibility index (Phi) is 11.7. The summed E-state index contributed by atoms with van der Waals surface area (Å²) in [6.45, 7) is 9.49. The van der Waals surface area contributed by atoms with Crippen LogP contribution in [0.1, 0.15) is 85.0 Å². The SMILES string of the molecule is CCCC1CCC(/C=C/COc2ccc(C3O[C@H](OC(=O)OC(C)C)[C@@H](OC(=O)OC(C)C)O3)cc2)CC1. The number of benzene rings is 1. The molecule has 1 saturated carbocycles. The Morgan fingerprint density at radius 1 is 0.895 bits per heavy atom. The Hall–Kier alpha value is -2.78. The van der Waals surface area contributed by atoms with Gasteiger partial charge in [-0.05, 0) is 77.3 Å². The molecule has 2 fully saturated rings. The van der Waals surface area contributed by atoms with E-state index in [4.69, 9.17) is 33.2 Å². The van der Waals surface area contributed by atoms with E-state index in [0.717, 1.165) is 5.92 Å². The first-order valence-corrected chi connectivity index (χ1v) is 13.7. The van der Waals surface area contributed by atoms with Gasteiger partial charge in [-0.3, -0.25) is 0 Å². The summed E-state index contributed by atoms with van der Waals surface area (Å²) >= 11 is 0. The van der Waals surface area contributed by atoms with E-state index in [9.17, 15) is 9.59 Å². The molecular formula is C29H42O9. The van der Waals surface area contributed by atoms with Gasteiger partial charge in [-0.15, -0.1) is 0 Å². The van der Waals surface area contributed by atoms with Gasteiger partial charge in [0.2, 0.25) is 0 Å². The van der Waals surface area contributed by atoms with Crippen LogP contribution in [0.25, 0.3) is 0 Å². The molecule has 1 aliphatic carbocycles. The Labute approximate surface area is 225 Å². The molecule has 1 saturated heterocycles. The predicted octanol–water partition coefficient (Wildman–Crippen LogP) is 7.05. The lowest BCUT2D eigenvalue weighted by Gasteiger charge is -2.26. The van der Waals surface area contributed by atoms with Gasteiger partial charge in [0.05, 0.1) is 12.2 Å². The molecule has 0 N–H and O–H groups in total. The molecule has 0 unspecified atom stereocenters. The third-order valence-corrected chi connectivity index (χ3v) is 6.32. The zero-order valence-corrected chi connectivity index (χ0v) is 23.1. The number of allylic oxidation sites excluding steroid dienone is 1. The minimum atomic E-state index is -1.33. The largest absolute Gasteiger partial charge is 0.511 e. The molecule has 1 aliphatic heterocycles. The van der Waals surface area contributed by atoms with Gasteiger partial charge >= 0.3 is 12.3 Å². The number of carbonyl (C=O) groups is 2. The minimum Gasteiger partial charge on any atom is -0.490 e. The first-order chi connectivity index (χ1) is 18.2. The molecular weight excluding hydrogens is 492 g/mol. The van der Waals surface area contributed by atoms with E-state index in [1.54, 1.807) is 52.0 Å². The van der Waals surface area contributed by atoms with Gasteiger partial charge in [-0.1, -0.05) is 44.1 Å². The van der Waals surface area contributed by atoms with Crippen molar-refractivity contribution < 1.29 is 42.7 Å². The molecule has 0 aromatic heterocycles. The molecule has 38 heavy (non-hydrogen) atoms. The lowest BCUT2D eigenvalue weighted by molar-refractivity contribution is -0.163. The van der Waals surface area contributed by atoms with E-state index in [0.29, 0.717) is 23.8 Å². The van der Waals surface area contributed by atoms with Crippen molar-refractivity contribution in [2.24, 2.45) is 11.8 Å². The van der Waals surface area contributed by atoms with Gasteiger partial charge in [-0.2, -0.15) is 0 Å². The molecule has 1 aromatic rings. The van der Waals surface area contributed by atoms with Crippen molar-refractivity contribution >= 4 is 12.3 Å². The molecule has 212 valence electrons. The summed E-state index contributed by atoms with van der Waals surface area (Å²) in [4.78, 5) is 24.0. The van der Waals surface area contributed by atoms with Crippen molar-refractivity contribution in [1.82, 2.24) is 0 Å². The van der Waals surface area contributed by atoms with Crippen LogP contribution in [0.5, 0.6) is 5.75 Å². The topological polar surface area (TPSA) is 98.8 Å². The predicted molar refractivity (Wildman–Crippen MR) is 139 cm³/mol. The summed E-state index contributed by atoms with van der Waals surface area (Å²) in [5.41, 5.74) is 0.630. The van der Waals surface area contributed by atoms with E-state index < -0.39 is 43.4 Å². The highest BCUT2D eigenvalue weighted by Gasteiger charge is 2.43. The molecule has 2 aliphatic rings. The normalized spacial score (nSPS) is 24.1. The minimum absolute atomic E-state index is 0.394. The van der Waals surface area contributed by atoms with E-state index in [2.05, 4.69) is 19.1 Å². The van der Waals surface area contributed by atoms with E-state index in [1.807, 2.05) is 0 Å². The average Bonchev–Trinajstić information content (AvgIpc) is 3.24. The average molecular weight is 535 g/mol. The second-order valence-corrected chi connectivity index (χ2v) is 10.3. The molecule has 2 atom stereocenters. The molecule has 0 spiro atoms. The van der Waals surface area contributed by atoms with Crippen LogP contribution in [0.15, 0.2) is 36.4 Å². The van der Waals surface area contributed by atoms with E-state index in [-0.39, 0.29) is 0 Å². The molecule has 1 heterocycles. The van der Waals surface area contributed by atoms with Crippen molar-refractivity contribution in [3.63, 3.8) is 0 Å². The van der Waals surface area contributed by atoms with Crippen LogP contribution in [0.4, 0.5) is 9.59 Å². The summed E-state index contributed by atoms with van der Waals surface area (Å²) in [5, 5.41) is 0. The molecule has 9 nitrogen and oxygen atoms in total. The molecule has 1 aromatic carbocycles. The van der Waals surface area contributed by atoms with Gasteiger partial charge in [0.25, 0.3) is 12.6 Å². The maximum Gasteiger partial charge on any atom is 0.511 e. The highest BCUT2D eigenvalue weighted by molar-refractivity contribution is 5.61. The van der Waals surface area contributed by atoms with Crippen LogP contribution in [0.3, 0.4) is 0 Å². The third kappa shape index (κ3) is 9.83. The maximum absolute atomic E-state index is 12.0. The molecule has 9 heteroatoms. The van der Waals surface area contributed by atoms with Crippen molar-refractivity contribution in [1.29, 1.82) is 0 Å². The lowest BCUT2D eigenvalue weighted by Crippen LogP contribution is -2.34. The summed E-state index contributed by atoms with van der Waals surface area (Å²) in [6, 6.07) is 7.15. The van der Waals surface area contributed by atoms with Crippen LogP contribution in [-0.4, -0.2) is 43.7 Å². The number of carbonyl (C=O) groups excluding carboxylic acids is 2. The smallest absolute Gasteiger partial charge is 0.490 e. The van der Waals surface area contributed by atoms with Gasteiger partial charge in [0.1, 0.15) is 12.4 Å². The summed E-state index contributed by atoms with van der Waals surface area (Å²) < 4.78 is 37.6. The summed E-state index contributed by atoms with van der Waals surface area (Å²) in [6.07, 6.45) is 5.85. The number of hydrogen-bond acceptors (Lipinski definition) is 9. The first-order valence-electron chi connectivity index (χ1n) is 13.7. The lowest BCUT2D eigenvalue weighted by atomic mass is 9.80. The van der Waals surface area contributed by atoms with Gasteiger partial charge in [0, 0.05) is 5.56 Å². The standard InChI is InChI=1S/C29H42O9/c1-6-8-21-10-12-22(13-11-21)9-7-18-32-24-16-14-23(15-17-24)25-35-26(37-28(30)33-19(2)3)27(36-25)38-29(31)34-20(4)5/h7,9,14-17,19-22,25-27H,6,8,10-13,18H2,1-5H3/b9-7+/t21?,22?,26-,27-/m1/s1. The Morgan fingerprint density at radius 3 is 1.95 bits per heavy atom. The highest BCUT2D eigenvalue weighted by atomic mass is 16.9. The van der Waals surface area contributed by atoms with Gasteiger partial charge < -0.3 is 33.2 Å². The highest BCUT2D eigenvalue weighted by Crippen LogP contribution is 2.34. The molecule has 0 radical (unpaired) electrons. The molecule has 0 amide bonds. The monoisotopic (exact) mass is 534 g/mol. The van der Waals surface area contributed by atoms with Crippen LogP contribution < -0.4 is 4.74 Å². The fraction of sp³-hybridized carbons (Fsp3) is 0.655. The second kappa shape index (κ2) is 15.0. The fourth-order valence-electron chi connectivity index (χ4n) is 4.55. The Morgan fingerprint density at radius 2 is 1.45 bits per heavy atom. The van der Waals surface area contributed by atoms with Crippen molar-refractivity contribution in [3.05, 3.63) is 42.0 Å². The van der Waals surface area contributed by atoms with Crippen LogP contribution in [-0.2, 0) is 28.4 Å². The van der Waals surface area contributed by atoms with Crippen LogP contribution >= 0.6 is 0 Å². The van der Waals surface area contributed by atoms with E-state index in [1.165, 1.54) is 38.5 Å². The van der Waals surface area contributed by atoms with Crippen molar-refractivity contribution in [2.45, 2.75) is 104 Å². The molecule has 3 rings (SSSR count). The Bertz CT molecular complexity index is 856. The number of hydrogen-bond donors (Lipinski definition) is 0. The second-order valence-electron chi connectivity index (χ2n) is 10.3. The van der Waals surface area contributed by atoms with Crippen molar-refractivity contribution in [2.75, 3.05) is 6.61 Å². The number of ether oxygens (including phenoxy) is 7. The first kappa shape index (κ1) is 29.8. The summed E-state index contributed by atoms with van der Waals surface area (Å²) in [7, 11) is 0. The third-order valence-electron chi connectivity index (χ3n) is 6.32. The summed E-state index contributed by atoms with van der Waals surface area (Å²) in [5.74, 6) is 2.25. The zero-order chi connectivity index (χ0) is 27.5. The van der Waals surface area contributed by atoms with Gasteiger partial charge in [0.15, 0.2) is 6.29 Å². The van der Waals surface area contributed by atoms with E-state index >= 15 is 0 Å². The van der Waals surface area contributed by atoms with Gasteiger partial charge in [-0.25, -0.2) is 9.59 Å².